The van der Waals surface area contributed by atoms with Crippen LogP contribution in [0.1, 0.15) is 38.7 Å². The van der Waals surface area contributed by atoms with Crippen LogP contribution in [-0.2, 0) is 41.6 Å². The number of anilines is 2. The number of carbonyl (C=O) groups is 3. The number of rotatable bonds is 11. The molecule has 0 N–H and O–H groups in total. The number of benzene rings is 2. The van der Waals surface area contributed by atoms with E-state index < -0.39 is 33.8 Å². The molecular weight excluding hydrogens is 942 g/mol. The van der Waals surface area contributed by atoms with E-state index in [2.05, 4.69) is 15.1 Å². The highest BCUT2D eigenvalue weighted by Crippen LogP contribution is 2.38. The summed E-state index contributed by atoms with van der Waals surface area (Å²) in [5.41, 5.74) is 0.836. The number of aldehydes is 1. The van der Waals surface area contributed by atoms with Crippen LogP contribution in [0.25, 0.3) is 0 Å². The fraction of sp³-hybridized carbons (Fsp3) is 0.475. The van der Waals surface area contributed by atoms with Gasteiger partial charge in [0, 0.05) is 82.3 Å². The zero-order valence-electron chi connectivity index (χ0n) is 35.5. The lowest BCUT2D eigenvalue weighted by Crippen LogP contribution is -2.50. The molecule has 0 unspecified atom stereocenters. The third-order valence-electron chi connectivity index (χ3n) is 10.6. The molecule has 2 aliphatic heterocycles. The maximum atomic E-state index is 13.0. The zero-order valence-corrected chi connectivity index (χ0v) is 38.5. The Kier molecular flexibility index (Phi) is 16.3. The Hall–Kier alpha value is -4.63. The molecule has 0 spiro atoms. The summed E-state index contributed by atoms with van der Waals surface area (Å²) >= 11 is 23.9. The molecule has 64 heavy (non-hydrogen) atoms. The quantitative estimate of drug-likeness (QED) is 0.110. The fourth-order valence-corrected chi connectivity index (χ4v) is 8.15. The van der Waals surface area contributed by atoms with Crippen molar-refractivity contribution in [3.05, 3.63) is 78.3 Å². The Morgan fingerprint density at radius 2 is 1.06 bits per heavy atom. The number of halogens is 10. The second-order valence-electron chi connectivity index (χ2n) is 15.1. The highest BCUT2D eigenvalue weighted by molar-refractivity contribution is 6.33. The fourth-order valence-electron chi connectivity index (χ4n) is 7.15. The maximum absolute atomic E-state index is 13.0. The summed E-state index contributed by atoms with van der Waals surface area (Å²) in [7, 11) is 6.95. The standard InChI is InChI=1S/C21H26Cl2F3N5O2.C19H19Cl2F3N4O3/c1-13-19(23)20(21(24,25)26)27-31(13)12-18(32)30-7-5-29(6-8-30)16-10-17(33-4)15(22)9-14(16)11-28(2)3;1-11-17(21)18(19(22,23)24)25-28(11)9-16(30)27-5-3-26(4-6-27)14-8-15(31-2)13(20)7-12(14)10-29/h9-10H,5-8,11-12H2,1-4H3;7-8,10H,3-6,9H2,1-2H3. The van der Waals surface area contributed by atoms with Crippen molar-refractivity contribution in [2.75, 3.05) is 90.5 Å². The number of ether oxygens (including phenoxy) is 2. The van der Waals surface area contributed by atoms with Gasteiger partial charge in [-0.15, -0.1) is 0 Å². The lowest BCUT2D eigenvalue weighted by Gasteiger charge is -2.37. The number of aromatic nitrogens is 4. The Morgan fingerprint density at radius 3 is 1.42 bits per heavy atom. The Morgan fingerprint density at radius 1 is 0.672 bits per heavy atom. The van der Waals surface area contributed by atoms with Crippen LogP contribution in [0.5, 0.6) is 11.5 Å². The van der Waals surface area contributed by atoms with Gasteiger partial charge in [-0.2, -0.15) is 36.5 Å². The van der Waals surface area contributed by atoms with Crippen LogP contribution in [0, 0.1) is 13.8 Å². The van der Waals surface area contributed by atoms with Crippen molar-refractivity contribution in [2.45, 2.75) is 45.8 Å². The van der Waals surface area contributed by atoms with Crippen LogP contribution >= 0.6 is 46.4 Å². The first kappa shape index (κ1) is 50.4. The van der Waals surface area contributed by atoms with E-state index in [4.69, 9.17) is 55.9 Å². The maximum Gasteiger partial charge on any atom is 0.436 e. The molecule has 0 aliphatic carbocycles. The van der Waals surface area contributed by atoms with Gasteiger partial charge in [-0.3, -0.25) is 23.7 Å². The van der Waals surface area contributed by atoms with Gasteiger partial charge >= 0.3 is 12.4 Å². The van der Waals surface area contributed by atoms with Crippen LogP contribution in [0.3, 0.4) is 0 Å². The summed E-state index contributed by atoms with van der Waals surface area (Å²) in [5.74, 6) is 0.305. The van der Waals surface area contributed by atoms with Gasteiger partial charge in [-0.25, -0.2) is 0 Å². The molecule has 0 bridgehead atoms. The number of hydrogen-bond acceptors (Lipinski definition) is 10. The third kappa shape index (κ3) is 11.6. The molecule has 2 aromatic heterocycles. The average molecular weight is 988 g/mol. The van der Waals surface area contributed by atoms with Crippen LogP contribution in [0.4, 0.5) is 37.7 Å². The second-order valence-corrected chi connectivity index (χ2v) is 16.6. The van der Waals surface area contributed by atoms with E-state index in [9.17, 15) is 40.7 Å². The minimum atomic E-state index is -4.70. The van der Waals surface area contributed by atoms with Gasteiger partial charge in [0.25, 0.3) is 0 Å². The zero-order chi connectivity index (χ0) is 47.4. The summed E-state index contributed by atoms with van der Waals surface area (Å²) < 4.78 is 90.6. The number of alkyl halides is 6. The molecule has 24 heteroatoms. The molecule has 2 aliphatic rings. The smallest absolute Gasteiger partial charge is 0.436 e. The van der Waals surface area contributed by atoms with Crippen molar-refractivity contribution >= 4 is 75.9 Å². The van der Waals surface area contributed by atoms with Gasteiger partial charge in [0.05, 0.1) is 51.4 Å². The monoisotopic (exact) mass is 985 g/mol. The van der Waals surface area contributed by atoms with E-state index in [1.54, 1.807) is 18.1 Å². The average Bonchev–Trinajstić information content (AvgIpc) is 3.69. The van der Waals surface area contributed by atoms with Gasteiger partial charge in [-0.1, -0.05) is 46.4 Å². The van der Waals surface area contributed by atoms with Crippen molar-refractivity contribution in [3.63, 3.8) is 0 Å². The predicted octanol–water partition coefficient (Wildman–Crippen LogP) is 7.62. The van der Waals surface area contributed by atoms with Gasteiger partial charge < -0.3 is 34.0 Å². The minimum absolute atomic E-state index is 0.0739. The van der Waals surface area contributed by atoms with Crippen molar-refractivity contribution in [1.29, 1.82) is 0 Å². The molecule has 2 fully saturated rings. The molecule has 350 valence electrons. The summed E-state index contributed by atoms with van der Waals surface area (Å²) in [6, 6.07) is 6.96. The van der Waals surface area contributed by atoms with E-state index in [1.807, 2.05) is 36.0 Å². The summed E-state index contributed by atoms with van der Waals surface area (Å²) in [5, 5.41) is 6.83. The molecule has 2 aromatic carbocycles. The molecule has 14 nitrogen and oxygen atoms in total. The minimum Gasteiger partial charge on any atom is -0.495 e. The number of piperazine rings is 2. The van der Waals surface area contributed by atoms with E-state index in [0.717, 1.165) is 20.6 Å². The van der Waals surface area contributed by atoms with Gasteiger partial charge in [0.1, 0.15) is 24.6 Å². The molecule has 6 rings (SSSR count). The van der Waals surface area contributed by atoms with Crippen LogP contribution in [0.15, 0.2) is 24.3 Å². The Bertz CT molecular complexity index is 2340. The number of nitrogens with zero attached hydrogens (tertiary/aromatic N) is 9. The van der Waals surface area contributed by atoms with Crippen molar-refractivity contribution in [2.24, 2.45) is 0 Å². The molecule has 0 radical (unpaired) electrons. The summed E-state index contributed by atoms with van der Waals surface area (Å²) in [4.78, 5) is 46.1. The first-order valence-corrected chi connectivity index (χ1v) is 21.0. The number of methoxy groups -OCH3 is 2. The Balaban J connectivity index is 0.000000241. The number of carbonyl (C=O) groups excluding carboxylic acids is 3. The highest BCUT2D eigenvalue weighted by atomic mass is 35.5. The molecule has 2 amide bonds. The first-order valence-electron chi connectivity index (χ1n) is 19.5. The number of hydrogen-bond donors (Lipinski definition) is 0. The van der Waals surface area contributed by atoms with E-state index in [0.29, 0.717) is 98.0 Å². The first-order chi connectivity index (χ1) is 30.0. The third-order valence-corrected chi connectivity index (χ3v) is 12.1. The van der Waals surface area contributed by atoms with E-state index >= 15 is 0 Å². The normalized spacial score (nSPS) is 14.8. The second kappa shape index (κ2) is 20.7. The lowest BCUT2D eigenvalue weighted by molar-refractivity contribution is -0.142. The topological polar surface area (TPSA) is 122 Å². The summed E-state index contributed by atoms with van der Waals surface area (Å²) in [6.45, 7) is 6.26. The van der Waals surface area contributed by atoms with E-state index in [-0.39, 0.29) is 36.3 Å². The molecule has 4 heterocycles. The molecule has 0 atom stereocenters. The molecule has 0 saturated carbocycles. The van der Waals surface area contributed by atoms with Crippen LogP contribution in [-0.4, -0.2) is 133 Å². The predicted molar refractivity (Wildman–Crippen MR) is 230 cm³/mol. The SMILES string of the molecule is COc1cc(N2CCN(C(=O)Cn3nc(C(F)(F)F)c(Cl)c3C)CC2)c(C=O)cc1Cl.COc1cc(N2CCN(C(=O)Cn3nc(C(F)(F)F)c(Cl)c3C)CC2)c(CN(C)C)cc1Cl. The largest absolute Gasteiger partial charge is 0.495 e. The molecule has 2 saturated heterocycles. The van der Waals surface area contributed by atoms with Gasteiger partial charge in [0.15, 0.2) is 17.7 Å². The highest BCUT2D eigenvalue weighted by Gasteiger charge is 2.40. The Labute approximate surface area is 385 Å². The van der Waals surface area contributed by atoms with Crippen LogP contribution < -0.4 is 19.3 Å². The van der Waals surface area contributed by atoms with E-state index in [1.165, 1.54) is 31.9 Å². The molecular formula is C40H45Cl4F6N9O5. The lowest BCUT2D eigenvalue weighted by atomic mass is 10.1. The molecule has 4 aromatic rings. The van der Waals surface area contributed by atoms with Crippen molar-refractivity contribution < 1.29 is 50.2 Å². The van der Waals surface area contributed by atoms with Gasteiger partial charge in [-0.05, 0) is 45.6 Å². The van der Waals surface area contributed by atoms with Crippen LogP contribution in [0.2, 0.25) is 20.1 Å². The number of amides is 2. The summed E-state index contributed by atoms with van der Waals surface area (Å²) in [6.07, 6.45) is -8.68. The van der Waals surface area contributed by atoms with Crippen molar-refractivity contribution in [1.82, 2.24) is 34.3 Å². The van der Waals surface area contributed by atoms with Gasteiger partial charge in [0.2, 0.25) is 11.8 Å². The van der Waals surface area contributed by atoms with Crippen molar-refractivity contribution in [3.8, 4) is 11.5 Å².